The van der Waals surface area contributed by atoms with Crippen LogP contribution in [0.3, 0.4) is 0 Å². The molecule has 0 bridgehead atoms. The Hall–Kier alpha value is -2.50. The van der Waals surface area contributed by atoms with Crippen molar-refractivity contribution in [1.29, 1.82) is 0 Å². The van der Waals surface area contributed by atoms with Gasteiger partial charge in [-0.15, -0.1) is 0 Å². The summed E-state index contributed by atoms with van der Waals surface area (Å²) in [6.07, 6.45) is -0.413. The molecule has 21 heavy (non-hydrogen) atoms. The van der Waals surface area contributed by atoms with Crippen molar-refractivity contribution in [3.8, 4) is 0 Å². The molecule has 2 N–H and O–H groups in total. The van der Waals surface area contributed by atoms with Crippen LogP contribution in [0.1, 0.15) is 17.0 Å². The maximum atomic E-state index is 12.5. The molecular formula is C15H12F3N3. The van der Waals surface area contributed by atoms with Gasteiger partial charge in [-0.3, -0.25) is 0 Å². The number of benzene rings is 1. The maximum absolute atomic E-state index is 12.5. The van der Waals surface area contributed by atoms with E-state index in [1.807, 2.05) is 10.5 Å². The van der Waals surface area contributed by atoms with E-state index in [0.29, 0.717) is 12.1 Å². The third-order valence-corrected chi connectivity index (χ3v) is 3.27. The largest absolute Gasteiger partial charge is 0.416 e. The van der Waals surface area contributed by atoms with Crippen LogP contribution < -0.4 is 5.73 Å². The van der Waals surface area contributed by atoms with Gasteiger partial charge in [-0.05, 0) is 29.8 Å². The Kier molecular flexibility index (Phi) is 3.08. The SMILES string of the molecule is Nc1ccc2cnc(Cc3ccc(C(F)(F)F)cc3)n2c1. The lowest BCUT2D eigenvalue weighted by Crippen LogP contribution is -2.05. The quantitative estimate of drug-likeness (QED) is 0.785. The van der Waals surface area contributed by atoms with Crippen molar-refractivity contribution < 1.29 is 13.2 Å². The summed E-state index contributed by atoms with van der Waals surface area (Å²) < 4.78 is 39.4. The number of pyridine rings is 1. The summed E-state index contributed by atoms with van der Waals surface area (Å²) in [5.41, 5.74) is 7.35. The van der Waals surface area contributed by atoms with Gasteiger partial charge < -0.3 is 10.1 Å². The predicted octanol–water partition coefficient (Wildman–Crippen LogP) is 3.53. The minimum Gasteiger partial charge on any atom is -0.398 e. The zero-order valence-corrected chi connectivity index (χ0v) is 10.9. The van der Waals surface area contributed by atoms with E-state index in [-0.39, 0.29) is 0 Å². The molecule has 3 rings (SSSR count). The van der Waals surface area contributed by atoms with Gasteiger partial charge in [0.15, 0.2) is 0 Å². The number of anilines is 1. The molecule has 0 spiro atoms. The second-order valence-electron chi connectivity index (χ2n) is 4.80. The van der Waals surface area contributed by atoms with Crippen LogP contribution in [0, 0.1) is 0 Å². The molecule has 2 aromatic heterocycles. The summed E-state index contributed by atoms with van der Waals surface area (Å²) in [7, 11) is 0. The Bertz CT molecular complexity index is 773. The molecule has 0 saturated heterocycles. The van der Waals surface area contributed by atoms with Gasteiger partial charge in [0.2, 0.25) is 0 Å². The normalized spacial score (nSPS) is 12.0. The lowest BCUT2D eigenvalue weighted by Gasteiger charge is -2.07. The molecule has 0 radical (unpaired) electrons. The van der Waals surface area contributed by atoms with E-state index < -0.39 is 11.7 Å². The number of nitrogens with zero attached hydrogens (tertiary/aromatic N) is 2. The smallest absolute Gasteiger partial charge is 0.398 e. The van der Waals surface area contributed by atoms with Gasteiger partial charge in [-0.2, -0.15) is 13.2 Å². The number of imidazole rings is 1. The standard InChI is InChI=1S/C15H12F3N3/c16-15(17,18)11-3-1-10(2-4-11)7-14-20-8-13-6-5-12(19)9-21(13)14/h1-6,8-9H,7,19H2. The van der Waals surface area contributed by atoms with Gasteiger partial charge in [0.1, 0.15) is 5.82 Å². The Morgan fingerprint density at radius 2 is 1.76 bits per heavy atom. The maximum Gasteiger partial charge on any atom is 0.416 e. The second-order valence-corrected chi connectivity index (χ2v) is 4.80. The van der Waals surface area contributed by atoms with Crippen LogP contribution in [0.25, 0.3) is 5.52 Å². The van der Waals surface area contributed by atoms with Gasteiger partial charge in [-0.25, -0.2) is 4.98 Å². The Balaban J connectivity index is 1.90. The van der Waals surface area contributed by atoms with E-state index in [4.69, 9.17) is 5.73 Å². The third kappa shape index (κ3) is 2.69. The number of aromatic nitrogens is 2. The fourth-order valence-corrected chi connectivity index (χ4v) is 2.19. The van der Waals surface area contributed by atoms with Gasteiger partial charge in [0.05, 0.1) is 17.3 Å². The van der Waals surface area contributed by atoms with Crippen LogP contribution in [0.5, 0.6) is 0 Å². The van der Waals surface area contributed by atoms with Crippen molar-refractivity contribution in [1.82, 2.24) is 9.38 Å². The fourth-order valence-electron chi connectivity index (χ4n) is 2.19. The molecule has 0 atom stereocenters. The molecule has 0 saturated carbocycles. The zero-order valence-electron chi connectivity index (χ0n) is 10.9. The van der Waals surface area contributed by atoms with Gasteiger partial charge in [-0.1, -0.05) is 12.1 Å². The number of nitrogens with two attached hydrogens (primary N) is 1. The second kappa shape index (κ2) is 4.80. The average Bonchev–Trinajstić information content (AvgIpc) is 2.81. The van der Waals surface area contributed by atoms with Crippen LogP contribution in [0.2, 0.25) is 0 Å². The molecule has 2 heterocycles. The number of fused-ring (bicyclic) bond motifs is 1. The monoisotopic (exact) mass is 291 g/mol. The van der Waals surface area contributed by atoms with Crippen molar-refractivity contribution in [2.45, 2.75) is 12.6 Å². The number of halogens is 3. The molecule has 108 valence electrons. The number of hydrogen-bond donors (Lipinski definition) is 1. The summed E-state index contributed by atoms with van der Waals surface area (Å²) in [5, 5.41) is 0. The van der Waals surface area contributed by atoms with Crippen LogP contribution in [-0.2, 0) is 12.6 Å². The highest BCUT2D eigenvalue weighted by Crippen LogP contribution is 2.29. The van der Waals surface area contributed by atoms with Crippen molar-refractivity contribution in [3.05, 3.63) is 65.7 Å². The first-order valence-corrected chi connectivity index (χ1v) is 6.31. The first-order valence-electron chi connectivity index (χ1n) is 6.31. The fraction of sp³-hybridized carbons (Fsp3) is 0.133. The summed E-state index contributed by atoms with van der Waals surface area (Å²) >= 11 is 0. The van der Waals surface area contributed by atoms with Gasteiger partial charge >= 0.3 is 6.18 Å². The van der Waals surface area contributed by atoms with Crippen molar-refractivity contribution >= 4 is 11.2 Å². The molecule has 0 aliphatic heterocycles. The molecule has 3 nitrogen and oxygen atoms in total. The van der Waals surface area contributed by atoms with E-state index in [1.165, 1.54) is 12.1 Å². The number of nitrogen functional groups attached to an aromatic ring is 1. The molecule has 3 aromatic rings. The predicted molar refractivity (Wildman–Crippen MR) is 73.9 cm³/mol. The highest BCUT2D eigenvalue weighted by atomic mass is 19.4. The lowest BCUT2D eigenvalue weighted by molar-refractivity contribution is -0.137. The van der Waals surface area contributed by atoms with Crippen LogP contribution in [0.4, 0.5) is 18.9 Å². The summed E-state index contributed by atoms with van der Waals surface area (Å²) in [4.78, 5) is 4.29. The Labute approximate surface area is 118 Å². The van der Waals surface area contributed by atoms with E-state index in [2.05, 4.69) is 4.98 Å². The van der Waals surface area contributed by atoms with E-state index in [0.717, 1.165) is 29.0 Å². The van der Waals surface area contributed by atoms with Gasteiger partial charge in [0, 0.05) is 18.3 Å². The molecular weight excluding hydrogens is 279 g/mol. The zero-order chi connectivity index (χ0) is 15.0. The highest BCUT2D eigenvalue weighted by Gasteiger charge is 2.29. The topological polar surface area (TPSA) is 43.3 Å². The Morgan fingerprint density at radius 3 is 2.43 bits per heavy atom. The summed E-state index contributed by atoms with van der Waals surface area (Å²) in [6, 6.07) is 8.73. The van der Waals surface area contributed by atoms with E-state index >= 15 is 0 Å². The Morgan fingerprint density at radius 1 is 1.05 bits per heavy atom. The minimum absolute atomic E-state index is 0.440. The number of alkyl halides is 3. The third-order valence-electron chi connectivity index (χ3n) is 3.27. The molecule has 6 heteroatoms. The molecule has 0 unspecified atom stereocenters. The molecule has 0 fully saturated rings. The number of rotatable bonds is 2. The van der Waals surface area contributed by atoms with Crippen molar-refractivity contribution in [2.24, 2.45) is 0 Å². The molecule has 0 amide bonds. The van der Waals surface area contributed by atoms with Crippen LogP contribution in [-0.4, -0.2) is 9.38 Å². The van der Waals surface area contributed by atoms with Crippen molar-refractivity contribution in [2.75, 3.05) is 5.73 Å². The summed E-state index contributed by atoms with van der Waals surface area (Å²) in [6.45, 7) is 0. The number of hydrogen-bond acceptors (Lipinski definition) is 2. The minimum atomic E-state index is -4.31. The lowest BCUT2D eigenvalue weighted by atomic mass is 10.1. The van der Waals surface area contributed by atoms with Crippen molar-refractivity contribution in [3.63, 3.8) is 0 Å². The van der Waals surface area contributed by atoms with Crippen LogP contribution >= 0.6 is 0 Å². The molecule has 0 aliphatic rings. The van der Waals surface area contributed by atoms with Crippen LogP contribution in [0.15, 0.2) is 48.8 Å². The van der Waals surface area contributed by atoms with E-state index in [1.54, 1.807) is 18.5 Å². The first kappa shape index (κ1) is 13.5. The summed E-state index contributed by atoms with van der Waals surface area (Å²) in [5.74, 6) is 0.733. The van der Waals surface area contributed by atoms with E-state index in [9.17, 15) is 13.2 Å². The van der Waals surface area contributed by atoms with Gasteiger partial charge in [0.25, 0.3) is 0 Å². The molecule has 0 aliphatic carbocycles. The average molecular weight is 291 g/mol. The molecule has 1 aromatic carbocycles. The first-order chi connectivity index (χ1) is 9.93. The highest BCUT2D eigenvalue weighted by molar-refractivity contribution is 5.52.